The van der Waals surface area contributed by atoms with E-state index < -0.39 is 30.8 Å². The molecule has 0 atom stereocenters. The van der Waals surface area contributed by atoms with Gasteiger partial charge in [-0.3, -0.25) is 4.72 Å². The van der Waals surface area contributed by atoms with E-state index in [9.17, 15) is 21.2 Å². The van der Waals surface area contributed by atoms with Crippen LogP contribution < -0.4 is 9.44 Å². The summed E-state index contributed by atoms with van der Waals surface area (Å²) in [4.78, 5) is -0.582. The van der Waals surface area contributed by atoms with Gasteiger partial charge in [-0.25, -0.2) is 25.9 Å². The summed E-state index contributed by atoms with van der Waals surface area (Å²) in [7, 11) is -7.91. The van der Waals surface area contributed by atoms with Crippen molar-refractivity contribution in [3.63, 3.8) is 0 Å². The van der Waals surface area contributed by atoms with Gasteiger partial charge in [0.2, 0.25) is 10.0 Å². The van der Waals surface area contributed by atoms with Crippen LogP contribution in [0.2, 0.25) is 0 Å². The van der Waals surface area contributed by atoms with E-state index in [4.69, 9.17) is 0 Å². The van der Waals surface area contributed by atoms with Gasteiger partial charge >= 0.3 is 0 Å². The number of sulfonamides is 2. The van der Waals surface area contributed by atoms with E-state index in [1.54, 1.807) is 0 Å². The molecular weight excluding hydrogens is 367 g/mol. The van der Waals surface area contributed by atoms with Crippen molar-refractivity contribution in [3.8, 4) is 0 Å². The molecular formula is C16H19FN2O4S2. The number of rotatable bonds is 8. The third kappa shape index (κ3) is 5.00. The number of anilines is 1. The fourth-order valence-electron chi connectivity index (χ4n) is 2.07. The van der Waals surface area contributed by atoms with E-state index in [1.807, 2.05) is 6.92 Å². The number of halogens is 1. The summed E-state index contributed by atoms with van der Waals surface area (Å²) in [6.45, 7) is 2.23. The Morgan fingerprint density at radius 2 is 1.68 bits per heavy atom. The second kappa shape index (κ2) is 7.94. The van der Waals surface area contributed by atoms with Crippen LogP contribution in [0.3, 0.4) is 0 Å². The summed E-state index contributed by atoms with van der Waals surface area (Å²) in [6, 6.07) is 10.3. The van der Waals surface area contributed by atoms with Gasteiger partial charge in [0, 0.05) is 6.54 Å². The molecule has 0 aliphatic rings. The van der Waals surface area contributed by atoms with Crippen molar-refractivity contribution in [1.82, 2.24) is 4.72 Å². The van der Waals surface area contributed by atoms with Crippen LogP contribution in [0.5, 0.6) is 0 Å². The molecule has 0 aliphatic carbocycles. The highest BCUT2D eigenvalue weighted by molar-refractivity contribution is 7.92. The largest absolute Gasteiger partial charge is 0.280 e. The molecule has 0 spiro atoms. The Morgan fingerprint density at radius 1 is 0.960 bits per heavy atom. The maximum Gasteiger partial charge on any atom is 0.264 e. The fraction of sp³-hybridized carbons (Fsp3) is 0.250. The quantitative estimate of drug-likeness (QED) is 0.682. The Morgan fingerprint density at radius 3 is 2.36 bits per heavy atom. The molecule has 2 N–H and O–H groups in total. The standard InChI is InChI=1S/C16H19FN2O4S2/c1-2-3-11-18-24(20,21)14-8-6-7-13(12-14)19-25(22,23)16-10-5-4-9-15(16)17/h4-10,12,18-19H,2-3,11H2,1H3. The minimum absolute atomic E-state index is 0.0293. The van der Waals surface area contributed by atoms with Crippen LogP contribution in [0, 0.1) is 5.82 Å². The van der Waals surface area contributed by atoms with Gasteiger partial charge in [0.25, 0.3) is 10.0 Å². The zero-order chi connectivity index (χ0) is 18.5. The molecule has 0 heterocycles. The summed E-state index contributed by atoms with van der Waals surface area (Å²) in [5, 5.41) is 0. The topological polar surface area (TPSA) is 92.3 Å². The van der Waals surface area contributed by atoms with Crippen molar-refractivity contribution in [2.24, 2.45) is 0 Å². The molecule has 0 aliphatic heterocycles. The number of benzene rings is 2. The fourth-order valence-corrected chi connectivity index (χ4v) is 4.32. The van der Waals surface area contributed by atoms with E-state index in [1.165, 1.54) is 36.4 Å². The van der Waals surface area contributed by atoms with Crippen LogP contribution in [0.15, 0.2) is 58.3 Å². The van der Waals surface area contributed by atoms with Crippen LogP contribution >= 0.6 is 0 Å². The van der Waals surface area contributed by atoms with Gasteiger partial charge in [0.05, 0.1) is 10.6 Å². The van der Waals surface area contributed by atoms with E-state index in [0.29, 0.717) is 13.0 Å². The number of nitrogens with one attached hydrogen (secondary N) is 2. The maximum absolute atomic E-state index is 13.7. The molecule has 2 rings (SSSR count). The summed E-state index contributed by atoms with van der Waals surface area (Å²) in [6.07, 6.45) is 1.53. The lowest BCUT2D eigenvalue weighted by Crippen LogP contribution is -2.25. The molecule has 0 fully saturated rings. The lowest BCUT2D eigenvalue weighted by atomic mass is 10.3. The molecule has 136 valence electrons. The second-order valence-corrected chi connectivity index (χ2v) is 8.73. The number of unbranched alkanes of at least 4 members (excludes halogenated alkanes) is 1. The van der Waals surface area contributed by atoms with Crippen LogP contribution in [-0.4, -0.2) is 23.4 Å². The van der Waals surface area contributed by atoms with Crippen molar-refractivity contribution >= 4 is 25.7 Å². The lowest BCUT2D eigenvalue weighted by molar-refractivity contribution is 0.569. The second-order valence-electron chi connectivity index (χ2n) is 5.32. The smallest absolute Gasteiger partial charge is 0.264 e. The Kier molecular flexibility index (Phi) is 6.15. The highest BCUT2D eigenvalue weighted by atomic mass is 32.2. The highest BCUT2D eigenvalue weighted by Gasteiger charge is 2.20. The molecule has 2 aromatic carbocycles. The average molecular weight is 386 g/mol. The van der Waals surface area contributed by atoms with Crippen molar-refractivity contribution in [3.05, 3.63) is 54.3 Å². The van der Waals surface area contributed by atoms with Crippen molar-refractivity contribution in [2.45, 2.75) is 29.6 Å². The summed E-state index contributed by atoms with van der Waals surface area (Å²) >= 11 is 0. The molecule has 0 radical (unpaired) electrons. The zero-order valence-corrected chi connectivity index (χ0v) is 15.2. The first-order chi connectivity index (χ1) is 11.8. The molecule has 0 aromatic heterocycles. The van der Waals surface area contributed by atoms with Crippen molar-refractivity contribution in [1.29, 1.82) is 0 Å². The van der Waals surface area contributed by atoms with Gasteiger partial charge in [-0.1, -0.05) is 31.5 Å². The third-order valence-electron chi connectivity index (χ3n) is 3.35. The SMILES string of the molecule is CCCCNS(=O)(=O)c1cccc(NS(=O)(=O)c2ccccc2F)c1. The summed E-state index contributed by atoms with van der Waals surface area (Å²) in [5.74, 6) is -0.889. The van der Waals surface area contributed by atoms with Gasteiger partial charge in [-0.2, -0.15) is 0 Å². The monoisotopic (exact) mass is 386 g/mol. The van der Waals surface area contributed by atoms with Gasteiger partial charge in [0.15, 0.2) is 0 Å². The third-order valence-corrected chi connectivity index (χ3v) is 6.22. The van der Waals surface area contributed by atoms with E-state index >= 15 is 0 Å². The molecule has 0 bridgehead atoms. The van der Waals surface area contributed by atoms with Gasteiger partial charge in [0.1, 0.15) is 10.7 Å². The normalized spacial score (nSPS) is 12.1. The molecule has 0 unspecified atom stereocenters. The van der Waals surface area contributed by atoms with Crippen molar-refractivity contribution in [2.75, 3.05) is 11.3 Å². The lowest BCUT2D eigenvalue weighted by Gasteiger charge is -2.11. The minimum atomic E-state index is -4.17. The van der Waals surface area contributed by atoms with Crippen LogP contribution in [-0.2, 0) is 20.0 Å². The zero-order valence-electron chi connectivity index (χ0n) is 13.6. The van der Waals surface area contributed by atoms with E-state index in [2.05, 4.69) is 9.44 Å². The predicted octanol–water partition coefficient (Wildman–Crippen LogP) is 2.70. The van der Waals surface area contributed by atoms with E-state index in [-0.39, 0.29) is 10.6 Å². The molecule has 6 nitrogen and oxygen atoms in total. The van der Waals surface area contributed by atoms with Gasteiger partial charge in [-0.15, -0.1) is 0 Å². The molecule has 0 saturated heterocycles. The Balaban J connectivity index is 2.26. The molecule has 0 amide bonds. The highest BCUT2D eigenvalue weighted by Crippen LogP contribution is 2.21. The van der Waals surface area contributed by atoms with Crippen molar-refractivity contribution < 1.29 is 21.2 Å². The van der Waals surface area contributed by atoms with Crippen LogP contribution in [0.4, 0.5) is 10.1 Å². The van der Waals surface area contributed by atoms with E-state index in [0.717, 1.165) is 18.6 Å². The first-order valence-corrected chi connectivity index (χ1v) is 10.6. The number of hydrogen-bond donors (Lipinski definition) is 2. The number of hydrogen-bond acceptors (Lipinski definition) is 4. The van der Waals surface area contributed by atoms with Crippen LogP contribution in [0.1, 0.15) is 19.8 Å². The Hall–Kier alpha value is -1.97. The minimum Gasteiger partial charge on any atom is -0.280 e. The average Bonchev–Trinajstić information content (AvgIpc) is 2.55. The van der Waals surface area contributed by atoms with Gasteiger partial charge < -0.3 is 0 Å². The first kappa shape index (κ1) is 19.4. The maximum atomic E-state index is 13.7. The summed E-state index contributed by atoms with van der Waals surface area (Å²) < 4.78 is 67.3. The molecule has 0 saturated carbocycles. The van der Waals surface area contributed by atoms with Crippen LogP contribution in [0.25, 0.3) is 0 Å². The Bertz CT molecular complexity index is 944. The first-order valence-electron chi connectivity index (χ1n) is 7.63. The molecule has 2 aromatic rings. The summed E-state index contributed by atoms with van der Waals surface area (Å²) in [5.41, 5.74) is 0.0293. The predicted molar refractivity (Wildman–Crippen MR) is 93.7 cm³/mol. The molecule has 9 heteroatoms. The molecule has 25 heavy (non-hydrogen) atoms. The Labute approximate surface area is 147 Å². The van der Waals surface area contributed by atoms with Gasteiger partial charge in [-0.05, 0) is 36.8 Å².